The molecule has 0 saturated carbocycles. The molecule has 4 nitrogen and oxygen atoms in total. The molecule has 0 aliphatic rings. The molecule has 3 N–H and O–H groups in total. The summed E-state index contributed by atoms with van der Waals surface area (Å²) in [5.74, 6) is -1.00. The van der Waals surface area contributed by atoms with E-state index in [0.717, 1.165) is 30.8 Å². The molecule has 0 spiro atoms. The van der Waals surface area contributed by atoms with Crippen LogP contribution in [0.4, 0.5) is 17.1 Å². The molecule has 0 fully saturated rings. The first kappa shape index (κ1) is 14.9. The number of carboxylic acids is 1. The Kier molecular flexibility index (Phi) is 4.82. The minimum Gasteiger partial charge on any atom is -0.478 e. The van der Waals surface area contributed by atoms with Crippen LogP contribution in [-0.4, -0.2) is 17.6 Å². The van der Waals surface area contributed by atoms with E-state index in [1.165, 1.54) is 6.07 Å². The van der Waals surface area contributed by atoms with Crippen molar-refractivity contribution in [2.45, 2.75) is 19.8 Å². The second-order valence-corrected chi connectivity index (χ2v) is 4.88. The summed E-state index contributed by atoms with van der Waals surface area (Å²) in [6.45, 7) is 2.92. The maximum atomic E-state index is 11.2. The van der Waals surface area contributed by atoms with E-state index in [1.807, 2.05) is 36.4 Å². The van der Waals surface area contributed by atoms with Gasteiger partial charge in [0.2, 0.25) is 0 Å². The number of rotatable bonds is 6. The first-order valence-electron chi connectivity index (χ1n) is 7.09. The number of carbonyl (C=O) groups is 1. The van der Waals surface area contributed by atoms with Gasteiger partial charge in [0.25, 0.3) is 0 Å². The van der Waals surface area contributed by atoms with Gasteiger partial charge in [-0.05, 0) is 30.7 Å². The first-order chi connectivity index (χ1) is 10.1. The number of benzene rings is 2. The fraction of sp³-hybridized carbons (Fsp3) is 0.235. The SMILES string of the molecule is CCCCN(c1ccccc1)c1cccc(C(=O)O)c1N. The zero-order valence-electron chi connectivity index (χ0n) is 12.1. The maximum Gasteiger partial charge on any atom is 0.337 e. The Morgan fingerprint density at radius 3 is 2.48 bits per heavy atom. The Balaban J connectivity index is 2.47. The standard InChI is InChI=1S/C17H20N2O2/c1-2-3-12-19(13-8-5-4-6-9-13)15-11-7-10-14(16(15)18)17(20)21/h4-11H,2-3,12,18H2,1H3,(H,20,21). The van der Waals surface area contributed by atoms with Gasteiger partial charge in [0.15, 0.2) is 0 Å². The van der Waals surface area contributed by atoms with Gasteiger partial charge in [-0.25, -0.2) is 4.79 Å². The van der Waals surface area contributed by atoms with Crippen molar-refractivity contribution in [1.82, 2.24) is 0 Å². The fourth-order valence-corrected chi connectivity index (χ4v) is 2.29. The molecule has 21 heavy (non-hydrogen) atoms. The molecule has 0 bridgehead atoms. The van der Waals surface area contributed by atoms with Crippen LogP contribution in [0.25, 0.3) is 0 Å². The number of hydrogen-bond acceptors (Lipinski definition) is 3. The van der Waals surface area contributed by atoms with E-state index < -0.39 is 5.97 Å². The van der Waals surface area contributed by atoms with Crippen molar-refractivity contribution in [3.8, 4) is 0 Å². The van der Waals surface area contributed by atoms with Crippen LogP contribution < -0.4 is 10.6 Å². The smallest absolute Gasteiger partial charge is 0.337 e. The topological polar surface area (TPSA) is 66.6 Å². The highest BCUT2D eigenvalue weighted by molar-refractivity contribution is 5.98. The van der Waals surface area contributed by atoms with E-state index in [-0.39, 0.29) is 5.56 Å². The van der Waals surface area contributed by atoms with Crippen LogP contribution in [0.2, 0.25) is 0 Å². The van der Waals surface area contributed by atoms with Gasteiger partial charge < -0.3 is 15.7 Å². The highest BCUT2D eigenvalue weighted by atomic mass is 16.4. The number of hydrogen-bond donors (Lipinski definition) is 2. The molecule has 2 rings (SSSR count). The first-order valence-corrected chi connectivity index (χ1v) is 7.09. The molecule has 0 unspecified atom stereocenters. The monoisotopic (exact) mass is 284 g/mol. The number of unbranched alkanes of at least 4 members (excludes halogenated alkanes) is 1. The van der Waals surface area contributed by atoms with Crippen LogP contribution in [0.5, 0.6) is 0 Å². The number of para-hydroxylation sites is 2. The Bertz CT molecular complexity index is 611. The predicted molar refractivity (Wildman–Crippen MR) is 86.2 cm³/mol. The molecule has 2 aromatic rings. The van der Waals surface area contributed by atoms with E-state index >= 15 is 0 Å². The van der Waals surface area contributed by atoms with Gasteiger partial charge in [0.05, 0.1) is 16.9 Å². The molecule has 0 aromatic heterocycles. The quantitative estimate of drug-likeness (QED) is 0.789. The van der Waals surface area contributed by atoms with E-state index in [1.54, 1.807) is 6.07 Å². The Morgan fingerprint density at radius 2 is 1.86 bits per heavy atom. The van der Waals surface area contributed by atoms with Gasteiger partial charge in [-0.1, -0.05) is 37.6 Å². The predicted octanol–water partition coefficient (Wildman–Crippen LogP) is 3.91. The number of nitrogens with zero attached hydrogens (tertiary/aromatic N) is 1. The third-order valence-electron chi connectivity index (χ3n) is 3.41. The molecule has 0 aliphatic carbocycles. The lowest BCUT2D eigenvalue weighted by Gasteiger charge is -2.26. The van der Waals surface area contributed by atoms with Crippen molar-refractivity contribution >= 4 is 23.0 Å². The average molecular weight is 284 g/mol. The van der Waals surface area contributed by atoms with E-state index in [4.69, 9.17) is 5.73 Å². The van der Waals surface area contributed by atoms with Crippen molar-refractivity contribution in [2.24, 2.45) is 0 Å². The van der Waals surface area contributed by atoms with Gasteiger partial charge in [0, 0.05) is 12.2 Å². The summed E-state index contributed by atoms with van der Waals surface area (Å²) in [5.41, 5.74) is 8.28. The summed E-state index contributed by atoms with van der Waals surface area (Å²) in [6.07, 6.45) is 2.06. The van der Waals surface area contributed by atoms with Crippen molar-refractivity contribution in [3.05, 3.63) is 54.1 Å². The molecule has 4 heteroatoms. The van der Waals surface area contributed by atoms with Gasteiger partial charge >= 0.3 is 5.97 Å². The molecule has 0 saturated heterocycles. The molecule has 2 aromatic carbocycles. The lowest BCUT2D eigenvalue weighted by Crippen LogP contribution is -2.20. The van der Waals surface area contributed by atoms with Crippen LogP contribution in [-0.2, 0) is 0 Å². The lowest BCUT2D eigenvalue weighted by molar-refractivity contribution is 0.0698. The summed E-state index contributed by atoms with van der Waals surface area (Å²) in [4.78, 5) is 13.3. The van der Waals surface area contributed by atoms with E-state index in [0.29, 0.717) is 5.69 Å². The Morgan fingerprint density at radius 1 is 1.14 bits per heavy atom. The number of nitrogens with two attached hydrogens (primary N) is 1. The second kappa shape index (κ2) is 6.79. The van der Waals surface area contributed by atoms with Crippen molar-refractivity contribution in [2.75, 3.05) is 17.2 Å². The number of nitrogen functional groups attached to an aromatic ring is 1. The average Bonchev–Trinajstić information content (AvgIpc) is 2.50. The number of anilines is 3. The zero-order valence-corrected chi connectivity index (χ0v) is 12.1. The zero-order chi connectivity index (χ0) is 15.2. The van der Waals surface area contributed by atoms with Crippen LogP contribution in [0, 0.1) is 0 Å². The number of aromatic carboxylic acids is 1. The highest BCUT2D eigenvalue weighted by Gasteiger charge is 2.16. The van der Waals surface area contributed by atoms with E-state index in [9.17, 15) is 9.90 Å². The van der Waals surface area contributed by atoms with Gasteiger partial charge in [-0.2, -0.15) is 0 Å². The third kappa shape index (κ3) is 3.34. The summed E-state index contributed by atoms with van der Waals surface area (Å²) in [5, 5.41) is 9.22. The molecular formula is C17H20N2O2. The maximum absolute atomic E-state index is 11.2. The molecule has 0 heterocycles. The van der Waals surface area contributed by atoms with Crippen LogP contribution in [0.3, 0.4) is 0 Å². The minimum atomic E-state index is -1.00. The van der Waals surface area contributed by atoms with E-state index in [2.05, 4.69) is 11.8 Å². The second-order valence-electron chi connectivity index (χ2n) is 4.88. The van der Waals surface area contributed by atoms with Crippen molar-refractivity contribution in [1.29, 1.82) is 0 Å². The summed E-state index contributed by atoms with van der Waals surface area (Å²) >= 11 is 0. The Labute approximate surface area is 124 Å². The van der Waals surface area contributed by atoms with Gasteiger partial charge in [-0.15, -0.1) is 0 Å². The number of carboxylic acid groups (broad SMARTS) is 1. The van der Waals surface area contributed by atoms with Crippen molar-refractivity contribution < 1.29 is 9.90 Å². The molecular weight excluding hydrogens is 264 g/mol. The normalized spacial score (nSPS) is 10.3. The Hall–Kier alpha value is -2.49. The van der Waals surface area contributed by atoms with Crippen molar-refractivity contribution in [3.63, 3.8) is 0 Å². The molecule has 0 atom stereocenters. The summed E-state index contributed by atoms with van der Waals surface area (Å²) in [7, 11) is 0. The lowest BCUT2D eigenvalue weighted by atomic mass is 10.1. The minimum absolute atomic E-state index is 0.143. The largest absolute Gasteiger partial charge is 0.478 e. The van der Waals surface area contributed by atoms with Gasteiger partial charge in [-0.3, -0.25) is 0 Å². The molecule has 0 radical (unpaired) electrons. The van der Waals surface area contributed by atoms with Crippen LogP contribution in [0.15, 0.2) is 48.5 Å². The van der Waals surface area contributed by atoms with Crippen LogP contribution in [0.1, 0.15) is 30.1 Å². The summed E-state index contributed by atoms with van der Waals surface area (Å²) < 4.78 is 0. The highest BCUT2D eigenvalue weighted by Crippen LogP contribution is 2.32. The molecule has 0 aliphatic heterocycles. The molecule has 110 valence electrons. The third-order valence-corrected chi connectivity index (χ3v) is 3.41. The fourth-order valence-electron chi connectivity index (χ4n) is 2.29. The molecule has 0 amide bonds. The summed E-state index contributed by atoms with van der Waals surface area (Å²) in [6, 6.07) is 15.0. The van der Waals surface area contributed by atoms with Gasteiger partial charge in [0.1, 0.15) is 0 Å². The van der Waals surface area contributed by atoms with Crippen LogP contribution >= 0.6 is 0 Å².